The SMILES string of the molecule is CC(C)(C)OC(=O)N1CCCC(c2nn(-c3cccc4cnccc34)c(=O)[nH]2)C1. The van der Waals surface area contributed by atoms with E-state index in [1.807, 2.05) is 45.0 Å². The number of rotatable bonds is 2. The number of pyridine rings is 1. The molecule has 1 aliphatic heterocycles. The van der Waals surface area contributed by atoms with E-state index in [0.717, 1.165) is 23.6 Å². The molecule has 4 rings (SSSR count). The van der Waals surface area contributed by atoms with Crippen LogP contribution in [0.5, 0.6) is 0 Å². The Hall–Kier alpha value is -3.16. The monoisotopic (exact) mass is 395 g/mol. The molecular formula is C21H25N5O3. The van der Waals surface area contributed by atoms with Gasteiger partial charge in [-0.15, -0.1) is 5.10 Å². The van der Waals surface area contributed by atoms with Gasteiger partial charge in [0, 0.05) is 42.2 Å². The van der Waals surface area contributed by atoms with Crippen molar-refractivity contribution in [1.82, 2.24) is 24.6 Å². The summed E-state index contributed by atoms with van der Waals surface area (Å²) in [6.45, 7) is 6.68. The summed E-state index contributed by atoms with van der Waals surface area (Å²) in [5, 5.41) is 6.42. The molecule has 0 bridgehead atoms. The zero-order valence-corrected chi connectivity index (χ0v) is 16.9. The van der Waals surface area contributed by atoms with Crippen molar-refractivity contribution in [2.24, 2.45) is 0 Å². The highest BCUT2D eigenvalue weighted by atomic mass is 16.6. The van der Waals surface area contributed by atoms with Gasteiger partial charge < -0.3 is 9.64 Å². The predicted octanol–water partition coefficient (Wildman–Crippen LogP) is 3.22. The molecule has 1 saturated heterocycles. The van der Waals surface area contributed by atoms with E-state index >= 15 is 0 Å². The first kappa shape index (κ1) is 19.2. The number of H-pyrrole nitrogens is 1. The number of benzene rings is 1. The number of aromatic nitrogens is 4. The fourth-order valence-corrected chi connectivity index (χ4v) is 3.67. The quantitative estimate of drug-likeness (QED) is 0.719. The molecule has 0 spiro atoms. The van der Waals surface area contributed by atoms with Crippen LogP contribution in [0.4, 0.5) is 4.79 Å². The van der Waals surface area contributed by atoms with Gasteiger partial charge in [0.15, 0.2) is 0 Å². The Bertz CT molecular complexity index is 1090. The van der Waals surface area contributed by atoms with Crippen molar-refractivity contribution in [3.63, 3.8) is 0 Å². The van der Waals surface area contributed by atoms with Gasteiger partial charge in [0.25, 0.3) is 0 Å². The molecule has 1 atom stereocenters. The van der Waals surface area contributed by atoms with Crippen LogP contribution in [0.1, 0.15) is 45.4 Å². The molecule has 8 nitrogen and oxygen atoms in total. The van der Waals surface area contributed by atoms with Crippen molar-refractivity contribution < 1.29 is 9.53 Å². The summed E-state index contributed by atoms with van der Waals surface area (Å²) in [4.78, 5) is 33.8. The minimum absolute atomic E-state index is 0.0399. The van der Waals surface area contributed by atoms with E-state index in [0.29, 0.717) is 24.6 Å². The average molecular weight is 395 g/mol. The summed E-state index contributed by atoms with van der Waals surface area (Å²) >= 11 is 0. The van der Waals surface area contributed by atoms with Gasteiger partial charge in [-0.1, -0.05) is 12.1 Å². The highest BCUT2D eigenvalue weighted by Gasteiger charge is 2.30. The number of likely N-dealkylation sites (tertiary alicyclic amines) is 1. The molecule has 1 aromatic carbocycles. The Morgan fingerprint density at radius 1 is 1.28 bits per heavy atom. The normalized spacial score (nSPS) is 17.5. The lowest BCUT2D eigenvalue weighted by Crippen LogP contribution is -2.42. The number of nitrogens with zero attached hydrogens (tertiary/aromatic N) is 4. The Morgan fingerprint density at radius 2 is 2.10 bits per heavy atom. The molecule has 8 heteroatoms. The molecule has 1 N–H and O–H groups in total. The first-order valence-corrected chi connectivity index (χ1v) is 9.82. The molecule has 0 saturated carbocycles. The maximum absolute atomic E-state index is 12.7. The van der Waals surface area contributed by atoms with E-state index in [9.17, 15) is 9.59 Å². The Morgan fingerprint density at radius 3 is 2.90 bits per heavy atom. The molecule has 1 unspecified atom stereocenters. The van der Waals surface area contributed by atoms with Crippen molar-refractivity contribution in [2.45, 2.75) is 45.1 Å². The fraction of sp³-hybridized carbons (Fsp3) is 0.429. The Kier molecular flexibility index (Phi) is 4.86. The van der Waals surface area contributed by atoms with Crippen LogP contribution in [0.25, 0.3) is 16.5 Å². The van der Waals surface area contributed by atoms with Crippen molar-refractivity contribution in [2.75, 3.05) is 13.1 Å². The van der Waals surface area contributed by atoms with E-state index in [4.69, 9.17) is 4.74 Å². The number of piperidine rings is 1. The molecule has 3 heterocycles. The lowest BCUT2D eigenvalue weighted by Gasteiger charge is -2.33. The molecule has 0 radical (unpaired) electrons. The zero-order valence-electron chi connectivity index (χ0n) is 16.9. The summed E-state index contributed by atoms with van der Waals surface area (Å²) in [6, 6.07) is 7.56. The van der Waals surface area contributed by atoms with E-state index in [2.05, 4.69) is 15.1 Å². The fourth-order valence-electron chi connectivity index (χ4n) is 3.67. The van der Waals surface area contributed by atoms with Gasteiger partial charge in [0.2, 0.25) is 0 Å². The van der Waals surface area contributed by atoms with Gasteiger partial charge in [0.05, 0.1) is 5.69 Å². The van der Waals surface area contributed by atoms with E-state index < -0.39 is 5.60 Å². The first-order valence-electron chi connectivity index (χ1n) is 9.82. The van der Waals surface area contributed by atoms with Crippen LogP contribution in [-0.4, -0.2) is 49.4 Å². The van der Waals surface area contributed by atoms with Crippen LogP contribution < -0.4 is 5.69 Å². The van der Waals surface area contributed by atoms with Gasteiger partial charge in [-0.05, 0) is 45.7 Å². The van der Waals surface area contributed by atoms with Crippen LogP contribution in [-0.2, 0) is 4.74 Å². The van der Waals surface area contributed by atoms with E-state index in [1.54, 1.807) is 17.3 Å². The van der Waals surface area contributed by atoms with Crippen LogP contribution in [0, 0.1) is 0 Å². The molecule has 1 fully saturated rings. The van der Waals surface area contributed by atoms with Gasteiger partial charge in [-0.2, -0.15) is 4.68 Å². The van der Waals surface area contributed by atoms with Gasteiger partial charge >= 0.3 is 11.8 Å². The van der Waals surface area contributed by atoms with E-state index in [-0.39, 0.29) is 17.7 Å². The topological polar surface area (TPSA) is 93.1 Å². The summed E-state index contributed by atoms with van der Waals surface area (Å²) in [5.41, 5.74) is -0.126. The lowest BCUT2D eigenvalue weighted by molar-refractivity contribution is 0.0196. The minimum Gasteiger partial charge on any atom is -0.444 e. The van der Waals surface area contributed by atoms with Crippen molar-refractivity contribution in [3.05, 3.63) is 53.0 Å². The van der Waals surface area contributed by atoms with Gasteiger partial charge in [-0.25, -0.2) is 9.59 Å². The Labute approximate surface area is 168 Å². The predicted molar refractivity (Wildman–Crippen MR) is 109 cm³/mol. The maximum atomic E-state index is 12.7. The molecule has 29 heavy (non-hydrogen) atoms. The highest BCUT2D eigenvalue weighted by molar-refractivity contribution is 5.89. The summed E-state index contributed by atoms with van der Waals surface area (Å²) < 4.78 is 6.88. The van der Waals surface area contributed by atoms with Crippen LogP contribution in [0.15, 0.2) is 41.5 Å². The molecule has 1 aliphatic rings. The number of aromatic amines is 1. The molecule has 3 aromatic rings. The number of amides is 1. The molecule has 0 aliphatic carbocycles. The molecule has 1 amide bonds. The second-order valence-corrected chi connectivity index (χ2v) is 8.37. The number of carbonyl (C=O) groups excluding carboxylic acids is 1. The standard InChI is InChI=1S/C21H25N5O3/c1-21(2,3)29-20(28)25-11-5-7-15(13-25)18-23-19(27)26(24-18)17-8-4-6-14-12-22-10-9-16(14)17/h4,6,8-10,12,15H,5,7,11,13H2,1-3H3,(H,23,24,27). The van der Waals surface area contributed by atoms with Crippen LogP contribution in [0.3, 0.4) is 0 Å². The van der Waals surface area contributed by atoms with Crippen LogP contribution in [0.2, 0.25) is 0 Å². The first-order chi connectivity index (χ1) is 13.8. The molecule has 152 valence electrons. The molecule has 2 aromatic heterocycles. The summed E-state index contributed by atoms with van der Waals surface area (Å²) in [5.74, 6) is 0.552. The van der Waals surface area contributed by atoms with Crippen LogP contribution >= 0.6 is 0 Å². The minimum atomic E-state index is -0.539. The maximum Gasteiger partial charge on any atom is 0.410 e. The number of carbonyl (C=O) groups is 1. The van der Waals surface area contributed by atoms with E-state index in [1.165, 1.54) is 4.68 Å². The summed E-state index contributed by atoms with van der Waals surface area (Å²) in [7, 11) is 0. The third kappa shape index (κ3) is 4.01. The number of ether oxygens (including phenoxy) is 1. The number of nitrogens with one attached hydrogen (secondary N) is 1. The second-order valence-electron chi connectivity index (χ2n) is 8.37. The van der Waals surface area contributed by atoms with Crippen molar-refractivity contribution in [3.8, 4) is 5.69 Å². The highest BCUT2D eigenvalue weighted by Crippen LogP contribution is 2.26. The third-order valence-corrected chi connectivity index (χ3v) is 4.98. The number of hydrogen-bond acceptors (Lipinski definition) is 5. The summed E-state index contributed by atoms with van der Waals surface area (Å²) in [6.07, 6.45) is 4.82. The zero-order chi connectivity index (χ0) is 20.6. The van der Waals surface area contributed by atoms with Crippen molar-refractivity contribution >= 4 is 16.9 Å². The third-order valence-electron chi connectivity index (χ3n) is 4.98. The second kappa shape index (κ2) is 7.35. The number of hydrogen-bond donors (Lipinski definition) is 1. The Balaban J connectivity index is 1.61. The number of fused-ring (bicyclic) bond motifs is 1. The van der Waals surface area contributed by atoms with Crippen molar-refractivity contribution in [1.29, 1.82) is 0 Å². The lowest BCUT2D eigenvalue weighted by atomic mass is 9.98. The van der Waals surface area contributed by atoms with Gasteiger partial charge in [-0.3, -0.25) is 9.97 Å². The smallest absolute Gasteiger partial charge is 0.410 e. The van der Waals surface area contributed by atoms with Gasteiger partial charge in [0.1, 0.15) is 11.4 Å². The largest absolute Gasteiger partial charge is 0.444 e. The molecular weight excluding hydrogens is 370 g/mol. The average Bonchev–Trinajstić information content (AvgIpc) is 3.08.